The molecule has 26 heavy (non-hydrogen) atoms. The van der Waals surface area contributed by atoms with E-state index >= 15 is 0 Å². The molecule has 1 aliphatic rings. The summed E-state index contributed by atoms with van der Waals surface area (Å²) in [6.45, 7) is 10.8. The number of fused-ring (bicyclic) bond motifs is 1. The summed E-state index contributed by atoms with van der Waals surface area (Å²) in [7, 11) is 0. The van der Waals surface area contributed by atoms with Crippen molar-refractivity contribution in [3.8, 4) is 11.5 Å². The van der Waals surface area contributed by atoms with Crippen LogP contribution in [0.25, 0.3) is 4.85 Å². The number of hydrogen-bond donors (Lipinski definition) is 2. The molecule has 9 heteroatoms. The number of thioether (sulfide) groups is 2. The van der Waals surface area contributed by atoms with Crippen LogP contribution >= 0.6 is 23.5 Å². The first-order valence-electron chi connectivity index (χ1n) is 7.46. The zero-order valence-corrected chi connectivity index (χ0v) is 15.2. The fourth-order valence-electron chi connectivity index (χ4n) is 1.89. The number of benzene rings is 1. The van der Waals surface area contributed by atoms with Crippen molar-refractivity contribution in [2.45, 2.75) is 22.6 Å². The number of rotatable bonds is 7. The van der Waals surface area contributed by atoms with Crippen molar-refractivity contribution < 1.29 is 29.3 Å². The number of phenols is 2. The summed E-state index contributed by atoms with van der Waals surface area (Å²) in [4.78, 5) is 27.0. The quantitative estimate of drug-likeness (QED) is 0.239. The van der Waals surface area contributed by atoms with Gasteiger partial charge in [0.15, 0.2) is 0 Å². The van der Waals surface area contributed by atoms with E-state index in [1.54, 1.807) is 0 Å². The molecule has 1 aliphatic heterocycles. The number of carbonyl (C=O) groups is 2. The minimum absolute atomic E-state index is 0.0305. The molecule has 0 fully saturated rings. The second-order valence-corrected chi connectivity index (χ2v) is 7.23. The third-order valence-corrected chi connectivity index (χ3v) is 5.76. The average molecular weight is 393 g/mol. The van der Waals surface area contributed by atoms with Crippen molar-refractivity contribution in [3.63, 3.8) is 0 Å². The molecule has 0 saturated heterocycles. The molecule has 0 saturated carbocycles. The van der Waals surface area contributed by atoms with Crippen LogP contribution in [0, 0.1) is 6.57 Å². The molecular formula is C17H15NO6S2. The van der Waals surface area contributed by atoms with Gasteiger partial charge in [-0.2, -0.15) is 0 Å². The van der Waals surface area contributed by atoms with Crippen molar-refractivity contribution in [1.29, 1.82) is 0 Å². The summed E-state index contributed by atoms with van der Waals surface area (Å²) in [5, 5.41) is 19.7. The highest BCUT2D eigenvalue weighted by atomic mass is 32.2. The van der Waals surface area contributed by atoms with Crippen LogP contribution in [0.3, 0.4) is 0 Å². The van der Waals surface area contributed by atoms with E-state index in [4.69, 9.17) is 16.0 Å². The lowest BCUT2D eigenvalue weighted by molar-refractivity contribution is -0.140. The van der Waals surface area contributed by atoms with Gasteiger partial charge in [-0.05, 0) is 25.0 Å². The largest absolute Gasteiger partial charge is 0.507 e. The number of hydrogen-bond acceptors (Lipinski definition) is 8. The van der Waals surface area contributed by atoms with Crippen LogP contribution < -0.4 is 0 Å². The van der Waals surface area contributed by atoms with Crippen molar-refractivity contribution in [1.82, 2.24) is 0 Å². The Morgan fingerprint density at radius 3 is 2.15 bits per heavy atom. The SMILES string of the molecule is [C-]#[N+]C(C(=O)OCCCCOC(=O)C=C)=C1Sc2c(O)ccc(O)c2S1. The lowest BCUT2D eigenvalue weighted by Gasteiger charge is -2.05. The predicted octanol–water partition coefficient (Wildman–Crippen LogP) is 3.44. The van der Waals surface area contributed by atoms with Crippen LogP contribution in [-0.4, -0.2) is 35.4 Å². The van der Waals surface area contributed by atoms with Gasteiger partial charge in [0, 0.05) is 6.08 Å². The van der Waals surface area contributed by atoms with Crippen LogP contribution in [0.4, 0.5) is 0 Å². The Morgan fingerprint density at radius 2 is 1.65 bits per heavy atom. The van der Waals surface area contributed by atoms with E-state index in [9.17, 15) is 19.8 Å². The molecule has 0 unspecified atom stereocenters. The Labute approximate surface area is 158 Å². The molecule has 2 rings (SSSR count). The molecule has 0 bridgehead atoms. The van der Waals surface area contributed by atoms with E-state index in [-0.39, 0.29) is 30.4 Å². The molecule has 1 aromatic rings. The van der Waals surface area contributed by atoms with Gasteiger partial charge in [0.1, 0.15) is 11.5 Å². The van der Waals surface area contributed by atoms with Crippen LogP contribution in [0.2, 0.25) is 0 Å². The molecule has 1 aromatic carbocycles. The molecule has 1 heterocycles. The lowest BCUT2D eigenvalue weighted by atomic mass is 10.3. The van der Waals surface area contributed by atoms with Crippen LogP contribution in [0.5, 0.6) is 11.5 Å². The summed E-state index contributed by atoms with van der Waals surface area (Å²) in [6.07, 6.45) is 2.05. The van der Waals surface area contributed by atoms with E-state index in [2.05, 4.69) is 11.4 Å². The second kappa shape index (κ2) is 9.22. The molecule has 0 spiro atoms. The predicted molar refractivity (Wildman–Crippen MR) is 96.5 cm³/mol. The minimum Gasteiger partial charge on any atom is -0.507 e. The highest BCUT2D eigenvalue weighted by Gasteiger charge is 2.29. The van der Waals surface area contributed by atoms with E-state index in [1.165, 1.54) is 12.1 Å². The lowest BCUT2D eigenvalue weighted by Crippen LogP contribution is -2.09. The zero-order chi connectivity index (χ0) is 19.1. The molecule has 136 valence electrons. The van der Waals surface area contributed by atoms with Gasteiger partial charge in [0.25, 0.3) is 5.70 Å². The second-order valence-electron chi connectivity index (χ2n) is 4.93. The number of esters is 2. The Bertz CT molecular complexity index is 779. The molecule has 0 radical (unpaired) electrons. The Kier molecular flexibility index (Phi) is 7.00. The van der Waals surface area contributed by atoms with Gasteiger partial charge in [-0.15, -0.1) is 0 Å². The normalized spacial score (nSPS) is 12.0. The molecule has 0 aliphatic carbocycles. The Balaban J connectivity index is 1.92. The number of phenolic OH excluding ortho intramolecular Hbond substituents is 2. The van der Waals surface area contributed by atoms with Crippen molar-refractivity contribution >= 4 is 35.5 Å². The number of unbranched alkanes of at least 4 members (excludes halogenated alkanes) is 1. The standard InChI is InChI=1S/C17H15NO6S2/c1-3-12(21)23-8-4-5-9-24-16(22)13(18-2)17-25-14-10(19)6-7-11(20)15(14)26-17/h3,6-7,19-20H,1,4-5,8-9H2. The summed E-state index contributed by atoms with van der Waals surface area (Å²) in [5.41, 5.74) is -0.201. The van der Waals surface area contributed by atoms with Gasteiger partial charge in [-0.3, -0.25) is 4.79 Å². The number of ether oxygens (including phenoxy) is 2. The number of nitrogens with zero attached hydrogens (tertiary/aromatic N) is 1. The Hall–Kier alpha value is -2.57. The zero-order valence-electron chi connectivity index (χ0n) is 13.6. The third-order valence-electron chi connectivity index (χ3n) is 3.14. The topological polar surface area (TPSA) is 97.4 Å². The average Bonchev–Trinajstić information content (AvgIpc) is 3.07. The smallest absolute Gasteiger partial charge is 0.338 e. The minimum atomic E-state index is -0.773. The maximum atomic E-state index is 12.1. The molecule has 7 nitrogen and oxygen atoms in total. The van der Waals surface area contributed by atoms with Gasteiger partial charge < -0.3 is 19.7 Å². The molecule has 2 N–H and O–H groups in total. The molecular weight excluding hydrogens is 378 g/mol. The van der Waals surface area contributed by atoms with Crippen LogP contribution in [-0.2, 0) is 19.1 Å². The molecule has 0 amide bonds. The Morgan fingerprint density at radius 1 is 1.12 bits per heavy atom. The fourth-order valence-corrected chi connectivity index (χ4v) is 4.36. The van der Waals surface area contributed by atoms with Crippen LogP contribution in [0.15, 0.2) is 44.5 Å². The highest BCUT2D eigenvalue weighted by molar-refractivity contribution is 8.24. The van der Waals surface area contributed by atoms with E-state index in [1.807, 2.05) is 0 Å². The van der Waals surface area contributed by atoms with Gasteiger partial charge in [-0.1, -0.05) is 30.1 Å². The third kappa shape index (κ3) is 4.74. The first-order chi connectivity index (χ1) is 12.5. The fraction of sp³-hybridized carbons (Fsp3) is 0.235. The van der Waals surface area contributed by atoms with Gasteiger partial charge in [0.2, 0.25) is 0 Å². The monoisotopic (exact) mass is 393 g/mol. The van der Waals surface area contributed by atoms with Gasteiger partial charge in [-0.25, -0.2) is 9.64 Å². The summed E-state index contributed by atoms with van der Waals surface area (Å²) in [5.74, 6) is -1.35. The maximum absolute atomic E-state index is 12.1. The van der Waals surface area contributed by atoms with Crippen molar-refractivity contribution in [3.05, 3.63) is 46.1 Å². The first-order valence-corrected chi connectivity index (χ1v) is 9.10. The highest BCUT2D eigenvalue weighted by Crippen LogP contribution is 2.58. The number of aromatic hydroxyl groups is 2. The van der Waals surface area contributed by atoms with E-state index in [0.29, 0.717) is 26.9 Å². The van der Waals surface area contributed by atoms with E-state index in [0.717, 1.165) is 29.6 Å². The summed E-state index contributed by atoms with van der Waals surface area (Å²) < 4.78 is 10.2. The number of carbonyl (C=O) groups excluding carboxylic acids is 2. The molecule has 0 atom stereocenters. The van der Waals surface area contributed by atoms with Crippen molar-refractivity contribution in [2.75, 3.05) is 13.2 Å². The summed E-state index contributed by atoms with van der Waals surface area (Å²) >= 11 is 2.08. The van der Waals surface area contributed by atoms with E-state index < -0.39 is 11.9 Å². The van der Waals surface area contributed by atoms with Crippen molar-refractivity contribution in [2.24, 2.45) is 0 Å². The van der Waals surface area contributed by atoms with Crippen LogP contribution in [0.1, 0.15) is 12.8 Å². The molecule has 0 aromatic heterocycles. The first kappa shape index (κ1) is 19.8. The van der Waals surface area contributed by atoms with Gasteiger partial charge in [0.05, 0.1) is 33.8 Å². The summed E-state index contributed by atoms with van der Waals surface area (Å²) in [6, 6.07) is 2.69. The van der Waals surface area contributed by atoms with Gasteiger partial charge >= 0.3 is 11.9 Å². The maximum Gasteiger partial charge on any atom is 0.338 e.